The Morgan fingerprint density at radius 2 is 0.816 bits per heavy atom. The van der Waals surface area contributed by atoms with Gasteiger partial charge in [0.2, 0.25) is 5.78 Å². The molecule has 6 rings (SSSR count). The Balaban J connectivity index is 1.63. The average molecular weight is 495 g/mol. The first kappa shape index (κ1) is 23.4. The molecule has 0 spiro atoms. The standard InChI is InChI=1S/C33H26N4O/c1-23-29(31(25-15-7-3-8-16-25)36(34-23)27-19-11-5-12-20-27)33(38)30-24(2)35-37(28-21-13-6-14-22-28)32(30)26-17-9-4-10-18-26/h3-22H,1-2H3. The summed E-state index contributed by atoms with van der Waals surface area (Å²) in [4.78, 5) is 14.7. The van der Waals surface area contributed by atoms with Crippen LogP contribution < -0.4 is 0 Å². The number of aromatic nitrogens is 4. The van der Waals surface area contributed by atoms with E-state index >= 15 is 0 Å². The Kier molecular flexibility index (Phi) is 6.02. The molecule has 0 saturated carbocycles. The molecule has 0 amide bonds. The molecule has 5 heteroatoms. The molecular weight excluding hydrogens is 468 g/mol. The van der Waals surface area contributed by atoms with E-state index in [2.05, 4.69) is 0 Å². The summed E-state index contributed by atoms with van der Waals surface area (Å²) >= 11 is 0. The van der Waals surface area contributed by atoms with Gasteiger partial charge < -0.3 is 0 Å². The lowest BCUT2D eigenvalue weighted by Gasteiger charge is -2.12. The van der Waals surface area contributed by atoms with Gasteiger partial charge in [-0.2, -0.15) is 10.2 Å². The first-order valence-corrected chi connectivity index (χ1v) is 12.6. The van der Waals surface area contributed by atoms with Crippen molar-refractivity contribution in [2.45, 2.75) is 13.8 Å². The predicted molar refractivity (Wildman–Crippen MR) is 151 cm³/mol. The van der Waals surface area contributed by atoms with Gasteiger partial charge in [-0.25, -0.2) is 9.36 Å². The van der Waals surface area contributed by atoms with Crippen molar-refractivity contribution in [1.82, 2.24) is 19.6 Å². The fourth-order valence-corrected chi connectivity index (χ4v) is 4.96. The van der Waals surface area contributed by atoms with Crippen molar-refractivity contribution in [3.63, 3.8) is 0 Å². The molecule has 0 aliphatic carbocycles. The molecule has 0 aliphatic rings. The molecule has 38 heavy (non-hydrogen) atoms. The van der Waals surface area contributed by atoms with E-state index in [0.717, 1.165) is 33.9 Å². The van der Waals surface area contributed by atoms with Gasteiger partial charge in [-0.05, 0) is 38.1 Å². The van der Waals surface area contributed by atoms with E-state index < -0.39 is 0 Å². The van der Waals surface area contributed by atoms with Crippen molar-refractivity contribution in [3.8, 4) is 33.9 Å². The summed E-state index contributed by atoms with van der Waals surface area (Å²) in [5.74, 6) is -0.0953. The molecule has 2 heterocycles. The molecule has 184 valence electrons. The molecule has 0 radical (unpaired) electrons. The summed E-state index contributed by atoms with van der Waals surface area (Å²) in [7, 11) is 0. The van der Waals surface area contributed by atoms with Crippen LogP contribution in [0.5, 0.6) is 0 Å². The zero-order chi connectivity index (χ0) is 26.1. The quantitative estimate of drug-likeness (QED) is 0.229. The number of benzene rings is 4. The Morgan fingerprint density at radius 3 is 1.16 bits per heavy atom. The summed E-state index contributed by atoms with van der Waals surface area (Å²) in [5.41, 5.74) is 7.68. The van der Waals surface area contributed by atoms with Crippen molar-refractivity contribution in [1.29, 1.82) is 0 Å². The molecule has 0 atom stereocenters. The Morgan fingerprint density at radius 1 is 0.500 bits per heavy atom. The molecule has 0 unspecified atom stereocenters. The van der Waals surface area contributed by atoms with E-state index in [1.807, 2.05) is 145 Å². The van der Waals surface area contributed by atoms with Gasteiger partial charge in [-0.1, -0.05) is 97.1 Å². The van der Waals surface area contributed by atoms with Crippen LogP contribution in [0.2, 0.25) is 0 Å². The highest BCUT2D eigenvalue weighted by Gasteiger charge is 2.30. The lowest BCUT2D eigenvalue weighted by Crippen LogP contribution is -2.08. The topological polar surface area (TPSA) is 52.7 Å². The second-order valence-electron chi connectivity index (χ2n) is 9.17. The van der Waals surface area contributed by atoms with Crippen LogP contribution in [-0.4, -0.2) is 25.3 Å². The Bertz CT molecular complexity index is 1590. The number of rotatable bonds is 6. The van der Waals surface area contributed by atoms with Gasteiger partial charge in [0.15, 0.2) is 0 Å². The number of hydrogen-bond donors (Lipinski definition) is 0. The van der Waals surface area contributed by atoms with Crippen molar-refractivity contribution in [2.24, 2.45) is 0 Å². The molecule has 0 fully saturated rings. The monoisotopic (exact) mass is 494 g/mol. The maximum atomic E-state index is 14.7. The summed E-state index contributed by atoms with van der Waals surface area (Å²) in [6, 6.07) is 39.8. The highest BCUT2D eigenvalue weighted by atomic mass is 16.1. The van der Waals surface area contributed by atoms with Gasteiger partial charge in [0, 0.05) is 11.1 Å². The van der Waals surface area contributed by atoms with Crippen LogP contribution in [0.4, 0.5) is 0 Å². The van der Waals surface area contributed by atoms with Crippen molar-refractivity contribution in [3.05, 3.63) is 144 Å². The summed E-state index contributed by atoms with van der Waals surface area (Å²) in [6.45, 7) is 3.80. The van der Waals surface area contributed by atoms with Crippen molar-refractivity contribution < 1.29 is 4.79 Å². The zero-order valence-electron chi connectivity index (χ0n) is 21.2. The van der Waals surface area contributed by atoms with Gasteiger partial charge in [0.05, 0.1) is 45.3 Å². The van der Waals surface area contributed by atoms with Crippen molar-refractivity contribution >= 4 is 5.78 Å². The van der Waals surface area contributed by atoms with Crippen LogP contribution in [0, 0.1) is 13.8 Å². The fourth-order valence-electron chi connectivity index (χ4n) is 4.96. The number of ketones is 1. The van der Waals surface area contributed by atoms with E-state index in [9.17, 15) is 4.79 Å². The van der Waals surface area contributed by atoms with Gasteiger partial charge in [0.1, 0.15) is 0 Å². The third kappa shape index (κ3) is 4.04. The first-order valence-electron chi connectivity index (χ1n) is 12.6. The highest BCUT2D eigenvalue weighted by molar-refractivity contribution is 6.17. The number of para-hydroxylation sites is 2. The molecule has 0 aliphatic heterocycles. The lowest BCUT2D eigenvalue weighted by atomic mass is 9.94. The second-order valence-corrected chi connectivity index (χ2v) is 9.17. The maximum absolute atomic E-state index is 14.7. The number of aryl methyl sites for hydroxylation is 2. The minimum atomic E-state index is -0.0953. The third-order valence-electron chi connectivity index (χ3n) is 6.67. The molecule has 5 nitrogen and oxygen atoms in total. The largest absolute Gasteiger partial charge is 0.288 e. The molecule has 4 aromatic carbocycles. The highest BCUT2D eigenvalue weighted by Crippen LogP contribution is 2.35. The molecule has 0 saturated heterocycles. The number of carbonyl (C=O) groups excluding carboxylic acids is 1. The Labute approximate surface area is 221 Å². The third-order valence-corrected chi connectivity index (χ3v) is 6.67. The minimum absolute atomic E-state index is 0.0953. The van der Waals surface area contributed by atoms with Gasteiger partial charge in [-0.15, -0.1) is 0 Å². The van der Waals surface area contributed by atoms with Gasteiger partial charge >= 0.3 is 0 Å². The fraction of sp³-hybridized carbons (Fsp3) is 0.0606. The van der Waals surface area contributed by atoms with E-state index in [4.69, 9.17) is 10.2 Å². The van der Waals surface area contributed by atoms with E-state index in [1.165, 1.54) is 0 Å². The number of nitrogens with zero attached hydrogens (tertiary/aromatic N) is 4. The van der Waals surface area contributed by atoms with E-state index in [1.54, 1.807) is 0 Å². The van der Waals surface area contributed by atoms with Crippen LogP contribution in [0.3, 0.4) is 0 Å². The van der Waals surface area contributed by atoms with Crippen LogP contribution in [0.15, 0.2) is 121 Å². The Hall–Kier alpha value is -5.03. The van der Waals surface area contributed by atoms with Crippen LogP contribution in [0.25, 0.3) is 33.9 Å². The van der Waals surface area contributed by atoms with Crippen molar-refractivity contribution in [2.75, 3.05) is 0 Å². The SMILES string of the molecule is Cc1nn(-c2ccccc2)c(-c2ccccc2)c1C(=O)c1c(C)nn(-c2ccccc2)c1-c1ccccc1. The molecular formula is C33H26N4O. The van der Waals surface area contributed by atoms with Gasteiger partial charge in [0.25, 0.3) is 0 Å². The summed E-state index contributed by atoms with van der Waals surface area (Å²) in [5, 5.41) is 9.74. The second kappa shape index (κ2) is 9.79. The summed E-state index contributed by atoms with van der Waals surface area (Å²) in [6.07, 6.45) is 0. The number of hydrogen-bond acceptors (Lipinski definition) is 3. The average Bonchev–Trinajstić information content (AvgIpc) is 3.51. The zero-order valence-corrected chi connectivity index (χ0v) is 21.2. The normalized spacial score (nSPS) is 11.0. The molecule has 0 N–H and O–H groups in total. The van der Waals surface area contributed by atoms with Crippen LogP contribution in [-0.2, 0) is 0 Å². The molecule has 0 bridgehead atoms. The molecule has 6 aromatic rings. The van der Waals surface area contributed by atoms with Crippen LogP contribution >= 0.6 is 0 Å². The summed E-state index contributed by atoms with van der Waals surface area (Å²) < 4.78 is 3.74. The van der Waals surface area contributed by atoms with E-state index in [-0.39, 0.29) is 5.78 Å². The lowest BCUT2D eigenvalue weighted by molar-refractivity contribution is 0.103. The first-order chi connectivity index (χ1) is 18.6. The maximum Gasteiger partial charge on any atom is 0.201 e. The predicted octanol–water partition coefficient (Wildman–Crippen LogP) is 7.24. The smallest absolute Gasteiger partial charge is 0.201 e. The van der Waals surface area contributed by atoms with E-state index in [0.29, 0.717) is 22.5 Å². The van der Waals surface area contributed by atoms with Crippen LogP contribution in [0.1, 0.15) is 27.3 Å². The minimum Gasteiger partial charge on any atom is -0.288 e. The number of carbonyl (C=O) groups is 1. The van der Waals surface area contributed by atoms with Gasteiger partial charge in [-0.3, -0.25) is 4.79 Å². The molecule has 2 aromatic heterocycles.